The first kappa shape index (κ1) is 15.5. The van der Waals surface area contributed by atoms with Crippen molar-refractivity contribution in [2.75, 3.05) is 50.4 Å². The number of hydrogen-bond acceptors (Lipinski definition) is 7. The Morgan fingerprint density at radius 1 is 1.27 bits per heavy atom. The van der Waals surface area contributed by atoms with Gasteiger partial charge in [-0.25, -0.2) is 4.98 Å². The Morgan fingerprint density at radius 2 is 2.05 bits per heavy atom. The molecule has 0 atom stereocenters. The van der Waals surface area contributed by atoms with Crippen molar-refractivity contribution in [1.82, 2.24) is 14.9 Å². The number of ether oxygens (including phenoxy) is 1. The smallest absolute Gasteiger partial charge is 0.222 e. The minimum Gasteiger partial charge on any atom is -0.379 e. The summed E-state index contributed by atoms with van der Waals surface area (Å²) in [5.74, 6) is 1.60. The van der Waals surface area contributed by atoms with Crippen molar-refractivity contribution >= 4 is 11.8 Å². The van der Waals surface area contributed by atoms with Crippen molar-refractivity contribution < 1.29 is 4.74 Å². The molecular weight excluding hydrogens is 280 g/mol. The van der Waals surface area contributed by atoms with Crippen molar-refractivity contribution in [3.63, 3.8) is 0 Å². The summed E-state index contributed by atoms with van der Waals surface area (Å²) in [6.45, 7) is 5.74. The summed E-state index contributed by atoms with van der Waals surface area (Å²) in [6.07, 6.45) is 3.06. The average Bonchev–Trinajstić information content (AvgIpc) is 2.49. The number of nitrogens with two attached hydrogens (primary N) is 2. The van der Waals surface area contributed by atoms with Crippen LogP contribution >= 0.6 is 0 Å². The van der Waals surface area contributed by atoms with Crippen LogP contribution in [0.5, 0.6) is 0 Å². The quantitative estimate of drug-likeness (QED) is 0.654. The van der Waals surface area contributed by atoms with E-state index in [-0.39, 0.29) is 0 Å². The zero-order valence-electron chi connectivity index (χ0n) is 13.0. The van der Waals surface area contributed by atoms with E-state index in [1.807, 2.05) is 6.07 Å². The Bertz CT molecular complexity index is 485. The van der Waals surface area contributed by atoms with E-state index >= 15 is 0 Å². The normalized spacial score (nSPS) is 25.7. The first-order valence-electron chi connectivity index (χ1n) is 8.15. The molecule has 2 heterocycles. The zero-order chi connectivity index (χ0) is 15.4. The highest BCUT2D eigenvalue weighted by molar-refractivity contribution is 5.41. The lowest BCUT2D eigenvalue weighted by Crippen LogP contribution is -2.37. The minimum absolute atomic E-state index is 0.311. The van der Waals surface area contributed by atoms with Gasteiger partial charge in [0.1, 0.15) is 5.82 Å². The molecular formula is C15H26N6O. The molecule has 0 bridgehead atoms. The molecule has 1 aromatic rings. The first-order chi connectivity index (χ1) is 10.7. The molecule has 0 unspecified atom stereocenters. The second kappa shape index (κ2) is 7.21. The van der Waals surface area contributed by atoms with Crippen LogP contribution in [0.15, 0.2) is 6.07 Å². The summed E-state index contributed by atoms with van der Waals surface area (Å²) >= 11 is 0. The Hall–Kier alpha value is -1.44. The summed E-state index contributed by atoms with van der Waals surface area (Å²) in [6, 6.07) is 2.33. The van der Waals surface area contributed by atoms with Gasteiger partial charge in [0.05, 0.1) is 18.9 Å². The van der Waals surface area contributed by atoms with Crippen LogP contribution in [0.2, 0.25) is 0 Å². The number of rotatable bonds is 6. The molecule has 7 nitrogen and oxygen atoms in total. The number of anilines is 2. The third-order valence-corrected chi connectivity index (χ3v) is 4.42. The predicted octanol–water partition coefficient (Wildman–Crippen LogP) is 0.398. The number of nitrogens with one attached hydrogen (secondary N) is 1. The third kappa shape index (κ3) is 4.06. The largest absolute Gasteiger partial charge is 0.379 e. The maximum Gasteiger partial charge on any atom is 0.222 e. The van der Waals surface area contributed by atoms with Gasteiger partial charge in [-0.2, -0.15) is 4.98 Å². The predicted molar refractivity (Wildman–Crippen MR) is 86.8 cm³/mol. The molecule has 0 aromatic carbocycles. The van der Waals surface area contributed by atoms with E-state index in [2.05, 4.69) is 20.2 Å². The van der Waals surface area contributed by atoms with E-state index in [1.165, 1.54) is 0 Å². The number of morpholine rings is 1. The fourth-order valence-corrected chi connectivity index (χ4v) is 3.03. The number of nitrogens with zero attached hydrogens (tertiary/aromatic N) is 3. The van der Waals surface area contributed by atoms with E-state index < -0.39 is 0 Å². The number of nitrogen functional groups attached to an aromatic ring is 1. The molecule has 2 aliphatic rings. The molecule has 1 aliphatic heterocycles. The summed E-state index contributed by atoms with van der Waals surface area (Å²) < 4.78 is 5.35. The number of hydrogen-bond donors (Lipinski definition) is 3. The molecule has 0 amide bonds. The summed E-state index contributed by atoms with van der Waals surface area (Å²) in [7, 11) is 0. The average molecular weight is 306 g/mol. The second-order valence-electron chi connectivity index (χ2n) is 6.20. The first-order valence-corrected chi connectivity index (χ1v) is 8.15. The molecule has 122 valence electrons. The Kier molecular flexibility index (Phi) is 5.07. The molecule has 3 rings (SSSR count). The highest BCUT2D eigenvalue weighted by Gasteiger charge is 2.29. The SMILES string of the molecule is Nc1nc(NCCCN2CCOCC2)cc(C2CC(N)C2)n1. The van der Waals surface area contributed by atoms with Crippen LogP contribution in [0.4, 0.5) is 11.8 Å². The fourth-order valence-electron chi connectivity index (χ4n) is 3.03. The van der Waals surface area contributed by atoms with Crippen LogP contribution in [0.3, 0.4) is 0 Å². The van der Waals surface area contributed by atoms with E-state index in [0.717, 1.165) is 70.2 Å². The van der Waals surface area contributed by atoms with Gasteiger partial charge >= 0.3 is 0 Å². The van der Waals surface area contributed by atoms with Gasteiger partial charge in [-0.1, -0.05) is 0 Å². The van der Waals surface area contributed by atoms with E-state index in [0.29, 0.717) is 17.9 Å². The fraction of sp³-hybridized carbons (Fsp3) is 0.733. The van der Waals surface area contributed by atoms with Crippen LogP contribution in [0.25, 0.3) is 0 Å². The maximum absolute atomic E-state index is 5.85. The molecule has 7 heteroatoms. The van der Waals surface area contributed by atoms with Crippen molar-refractivity contribution in [2.24, 2.45) is 5.73 Å². The lowest BCUT2D eigenvalue weighted by Gasteiger charge is -2.32. The molecule has 22 heavy (non-hydrogen) atoms. The van der Waals surface area contributed by atoms with Crippen molar-refractivity contribution in [2.45, 2.75) is 31.2 Å². The molecule has 1 saturated carbocycles. The lowest BCUT2D eigenvalue weighted by molar-refractivity contribution is 0.0378. The highest BCUT2D eigenvalue weighted by Crippen LogP contribution is 2.35. The highest BCUT2D eigenvalue weighted by atomic mass is 16.5. The minimum atomic E-state index is 0.311. The van der Waals surface area contributed by atoms with Gasteiger partial charge in [-0.15, -0.1) is 0 Å². The van der Waals surface area contributed by atoms with Crippen molar-refractivity contribution in [3.05, 3.63) is 11.8 Å². The van der Waals surface area contributed by atoms with Crippen LogP contribution < -0.4 is 16.8 Å². The Balaban J connectivity index is 1.45. The van der Waals surface area contributed by atoms with Gasteiger partial charge in [-0.05, 0) is 25.8 Å². The Labute approximate surface area is 131 Å². The number of aromatic nitrogens is 2. The van der Waals surface area contributed by atoms with E-state index in [9.17, 15) is 0 Å². The van der Waals surface area contributed by atoms with Gasteiger partial charge in [-0.3, -0.25) is 4.90 Å². The third-order valence-electron chi connectivity index (χ3n) is 4.42. The van der Waals surface area contributed by atoms with Gasteiger partial charge in [0.2, 0.25) is 5.95 Å². The zero-order valence-corrected chi connectivity index (χ0v) is 13.0. The molecule has 0 spiro atoms. The van der Waals surface area contributed by atoms with Crippen LogP contribution in [0, 0.1) is 0 Å². The standard InChI is InChI=1S/C15H26N6O/c16-12-8-11(9-12)13-10-14(20-15(17)19-13)18-2-1-3-21-4-6-22-7-5-21/h10-12H,1-9,16H2,(H3,17,18,19,20). The van der Waals surface area contributed by atoms with Gasteiger partial charge < -0.3 is 21.5 Å². The van der Waals surface area contributed by atoms with Crippen LogP contribution in [-0.2, 0) is 4.74 Å². The second-order valence-corrected chi connectivity index (χ2v) is 6.20. The van der Waals surface area contributed by atoms with Gasteiger partial charge in [0.15, 0.2) is 0 Å². The molecule has 1 saturated heterocycles. The van der Waals surface area contributed by atoms with Gasteiger partial charge in [0.25, 0.3) is 0 Å². The maximum atomic E-state index is 5.85. The van der Waals surface area contributed by atoms with Crippen LogP contribution in [-0.4, -0.2) is 60.3 Å². The summed E-state index contributed by atoms with van der Waals surface area (Å²) in [5, 5.41) is 3.36. The molecule has 2 fully saturated rings. The lowest BCUT2D eigenvalue weighted by atomic mass is 9.78. The molecule has 5 N–H and O–H groups in total. The monoisotopic (exact) mass is 306 g/mol. The van der Waals surface area contributed by atoms with Crippen molar-refractivity contribution in [3.8, 4) is 0 Å². The van der Waals surface area contributed by atoms with Gasteiger partial charge in [0, 0.05) is 37.7 Å². The van der Waals surface area contributed by atoms with Crippen molar-refractivity contribution in [1.29, 1.82) is 0 Å². The Morgan fingerprint density at radius 3 is 2.77 bits per heavy atom. The molecule has 1 aliphatic carbocycles. The molecule has 0 radical (unpaired) electrons. The van der Waals surface area contributed by atoms with E-state index in [4.69, 9.17) is 16.2 Å². The summed E-state index contributed by atoms with van der Waals surface area (Å²) in [4.78, 5) is 11.0. The molecule has 1 aromatic heterocycles. The topological polar surface area (TPSA) is 102 Å². The van der Waals surface area contributed by atoms with E-state index in [1.54, 1.807) is 0 Å². The summed E-state index contributed by atoms with van der Waals surface area (Å²) in [5.41, 5.74) is 12.7. The van der Waals surface area contributed by atoms with Crippen LogP contribution in [0.1, 0.15) is 30.9 Å².